The summed E-state index contributed by atoms with van der Waals surface area (Å²) in [4.78, 5) is 18.2. The van der Waals surface area contributed by atoms with E-state index in [4.69, 9.17) is 0 Å². The molecule has 1 aromatic carbocycles. The Labute approximate surface area is 93.5 Å². The van der Waals surface area contributed by atoms with Crippen LogP contribution in [0.2, 0.25) is 0 Å². The second kappa shape index (κ2) is 3.59. The molecule has 3 rings (SSSR count). The highest BCUT2D eigenvalue weighted by atomic mass is 16.1. The highest BCUT2D eigenvalue weighted by molar-refractivity contribution is 5.95. The molecule has 1 aromatic heterocycles. The van der Waals surface area contributed by atoms with E-state index in [0.29, 0.717) is 6.42 Å². The molecular weight excluding hydrogens is 200 g/mol. The number of aromatic amines is 2. The molecule has 0 bridgehead atoms. The highest BCUT2D eigenvalue weighted by Gasteiger charge is 2.27. The number of benzene rings is 1. The predicted octanol–water partition coefficient (Wildman–Crippen LogP) is 2.01. The monoisotopic (exact) mass is 213 g/mol. The SMILES string of the molecule is O=C1CCCc2[nH]c(-c3ccccc3)[nH+]c21. The Morgan fingerprint density at radius 1 is 1.12 bits per heavy atom. The van der Waals surface area contributed by atoms with Crippen LogP contribution < -0.4 is 4.98 Å². The second-order valence-corrected chi connectivity index (χ2v) is 4.12. The van der Waals surface area contributed by atoms with E-state index < -0.39 is 0 Å². The van der Waals surface area contributed by atoms with Crippen molar-refractivity contribution in [3.63, 3.8) is 0 Å². The van der Waals surface area contributed by atoms with Gasteiger partial charge in [0, 0.05) is 12.8 Å². The van der Waals surface area contributed by atoms with Crippen molar-refractivity contribution in [2.75, 3.05) is 0 Å². The molecule has 2 aromatic rings. The maximum absolute atomic E-state index is 11.7. The van der Waals surface area contributed by atoms with Crippen LogP contribution in [0, 0.1) is 0 Å². The molecule has 0 fully saturated rings. The number of H-pyrrole nitrogens is 2. The number of carbonyl (C=O) groups excluding carboxylic acids is 1. The fourth-order valence-electron chi connectivity index (χ4n) is 2.17. The van der Waals surface area contributed by atoms with E-state index in [0.717, 1.165) is 35.6 Å². The van der Waals surface area contributed by atoms with Crippen LogP contribution in [0.15, 0.2) is 30.3 Å². The maximum Gasteiger partial charge on any atom is 0.285 e. The van der Waals surface area contributed by atoms with Gasteiger partial charge in [-0.05, 0) is 18.6 Å². The molecule has 1 aliphatic rings. The van der Waals surface area contributed by atoms with Gasteiger partial charge in [0.05, 0.1) is 5.56 Å². The van der Waals surface area contributed by atoms with Crippen molar-refractivity contribution in [3.05, 3.63) is 41.7 Å². The van der Waals surface area contributed by atoms with Crippen LogP contribution >= 0.6 is 0 Å². The van der Waals surface area contributed by atoms with Crippen LogP contribution in [0.3, 0.4) is 0 Å². The number of imidazole rings is 1. The van der Waals surface area contributed by atoms with Gasteiger partial charge in [0.25, 0.3) is 5.82 Å². The summed E-state index contributed by atoms with van der Waals surface area (Å²) in [7, 11) is 0. The number of ketones is 1. The van der Waals surface area contributed by atoms with E-state index >= 15 is 0 Å². The lowest BCUT2D eigenvalue weighted by Gasteiger charge is -2.02. The molecule has 80 valence electrons. The lowest BCUT2D eigenvalue weighted by molar-refractivity contribution is -0.366. The van der Waals surface area contributed by atoms with Crippen LogP contribution in [-0.2, 0) is 6.42 Å². The molecule has 3 heteroatoms. The van der Waals surface area contributed by atoms with E-state index in [1.54, 1.807) is 0 Å². The first kappa shape index (κ1) is 9.33. The molecule has 3 nitrogen and oxygen atoms in total. The molecule has 0 unspecified atom stereocenters. The Morgan fingerprint density at radius 3 is 2.69 bits per heavy atom. The van der Waals surface area contributed by atoms with Crippen molar-refractivity contribution < 1.29 is 9.78 Å². The summed E-state index contributed by atoms with van der Waals surface area (Å²) in [5.74, 6) is 1.15. The lowest BCUT2D eigenvalue weighted by atomic mass is 10.0. The summed E-state index contributed by atoms with van der Waals surface area (Å²) in [6.07, 6.45) is 2.58. The number of carbonyl (C=O) groups is 1. The average Bonchev–Trinajstić information content (AvgIpc) is 2.76. The highest BCUT2D eigenvalue weighted by Crippen LogP contribution is 2.20. The number of rotatable bonds is 1. The maximum atomic E-state index is 11.7. The van der Waals surface area contributed by atoms with Crippen LogP contribution in [0.25, 0.3) is 11.4 Å². The fourth-order valence-corrected chi connectivity index (χ4v) is 2.17. The number of fused-ring (bicyclic) bond motifs is 1. The van der Waals surface area contributed by atoms with Crippen molar-refractivity contribution in [3.8, 4) is 11.4 Å². The summed E-state index contributed by atoms with van der Waals surface area (Å²) < 4.78 is 0. The molecule has 1 aliphatic carbocycles. The Hall–Kier alpha value is -1.90. The molecule has 16 heavy (non-hydrogen) atoms. The van der Waals surface area contributed by atoms with Gasteiger partial charge in [-0.3, -0.25) is 4.79 Å². The summed E-state index contributed by atoms with van der Waals surface area (Å²) in [6.45, 7) is 0. The van der Waals surface area contributed by atoms with Crippen LogP contribution in [-0.4, -0.2) is 10.8 Å². The molecule has 0 spiro atoms. The number of nitrogens with one attached hydrogen (secondary N) is 2. The molecule has 0 atom stereocenters. The summed E-state index contributed by atoms with van der Waals surface area (Å²) in [6, 6.07) is 10.0. The third-order valence-electron chi connectivity index (χ3n) is 3.00. The van der Waals surface area contributed by atoms with Crippen LogP contribution in [0.4, 0.5) is 0 Å². The Kier molecular flexibility index (Phi) is 2.10. The zero-order valence-corrected chi connectivity index (χ0v) is 8.92. The molecular formula is C13H13N2O+. The topological polar surface area (TPSA) is 47.0 Å². The third kappa shape index (κ3) is 1.45. The van der Waals surface area contributed by atoms with Gasteiger partial charge in [-0.1, -0.05) is 18.2 Å². The number of aryl methyl sites for hydroxylation is 1. The molecule has 2 N–H and O–H groups in total. The van der Waals surface area contributed by atoms with Gasteiger partial charge in [-0.2, -0.15) is 0 Å². The van der Waals surface area contributed by atoms with E-state index in [9.17, 15) is 4.79 Å². The number of hydrogen-bond donors (Lipinski definition) is 1. The average molecular weight is 213 g/mol. The molecule has 0 amide bonds. The normalized spacial score (nSPS) is 14.9. The van der Waals surface area contributed by atoms with Crippen LogP contribution in [0.1, 0.15) is 29.0 Å². The predicted molar refractivity (Wildman–Crippen MR) is 60.1 cm³/mol. The zero-order chi connectivity index (χ0) is 11.0. The minimum Gasteiger partial charge on any atom is -0.290 e. The second-order valence-electron chi connectivity index (χ2n) is 4.12. The van der Waals surface area contributed by atoms with Crippen molar-refractivity contribution in [1.29, 1.82) is 0 Å². The first-order valence-electron chi connectivity index (χ1n) is 5.57. The van der Waals surface area contributed by atoms with Crippen molar-refractivity contribution in [1.82, 2.24) is 4.98 Å². The zero-order valence-electron chi connectivity index (χ0n) is 8.92. The Balaban J connectivity index is 2.08. The van der Waals surface area contributed by atoms with Gasteiger partial charge >= 0.3 is 0 Å². The largest absolute Gasteiger partial charge is 0.290 e. The van der Waals surface area contributed by atoms with Crippen molar-refractivity contribution in [2.45, 2.75) is 19.3 Å². The minimum atomic E-state index is 0.222. The van der Waals surface area contributed by atoms with Gasteiger partial charge < -0.3 is 0 Å². The summed E-state index contributed by atoms with van der Waals surface area (Å²) >= 11 is 0. The molecule has 0 radical (unpaired) electrons. The van der Waals surface area contributed by atoms with Gasteiger partial charge in [0.15, 0.2) is 5.69 Å². The molecule has 1 heterocycles. The number of hydrogen-bond acceptors (Lipinski definition) is 1. The molecule has 0 saturated carbocycles. The quantitative estimate of drug-likeness (QED) is 0.774. The van der Waals surface area contributed by atoms with Gasteiger partial charge in [-0.15, -0.1) is 0 Å². The first-order chi connectivity index (χ1) is 7.84. The van der Waals surface area contributed by atoms with Gasteiger partial charge in [0.1, 0.15) is 0 Å². The van der Waals surface area contributed by atoms with E-state index in [1.165, 1.54) is 0 Å². The van der Waals surface area contributed by atoms with Crippen molar-refractivity contribution in [2.24, 2.45) is 0 Å². The van der Waals surface area contributed by atoms with Gasteiger partial charge in [-0.25, -0.2) is 9.97 Å². The minimum absolute atomic E-state index is 0.222. The molecule has 0 aliphatic heterocycles. The summed E-state index contributed by atoms with van der Waals surface area (Å²) in [5.41, 5.74) is 2.91. The molecule has 0 saturated heterocycles. The number of aromatic nitrogens is 2. The third-order valence-corrected chi connectivity index (χ3v) is 3.00. The van der Waals surface area contributed by atoms with E-state index in [2.05, 4.69) is 9.97 Å². The van der Waals surface area contributed by atoms with Gasteiger partial charge in [0.2, 0.25) is 11.5 Å². The standard InChI is InChI=1S/C13H12N2O/c16-11-8-4-7-10-12(11)15-13(14-10)9-5-2-1-3-6-9/h1-3,5-6H,4,7-8H2,(H,14,15)/p+1. The Morgan fingerprint density at radius 2 is 1.94 bits per heavy atom. The number of Topliss-reactive ketones (excluding diaryl/α,β-unsaturated/α-hetero) is 1. The smallest absolute Gasteiger partial charge is 0.285 e. The van der Waals surface area contributed by atoms with Crippen molar-refractivity contribution >= 4 is 5.78 Å². The lowest BCUT2D eigenvalue weighted by Crippen LogP contribution is -2.19. The van der Waals surface area contributed by atoms with Crippen LogP contribution in [0.5, 0.6) is 0 Å². The van der Waals surface area contributed by atoms with E-state index in [1.807, 2.05) is 30.3 Å². The first-order valence-corrected chi connectivity index (χ1v) is 5.57. The van der Waals surface area contributed by atoms with E-state index in [-0.39, 0.29) is 5.78 Å². The fraction of sp³-hybridized carbons (Fsp3) is 0.231. The summed E-state index contributed by atoms with van der Waals surface area (Å²) in [5, 5.41) is 0. The Bertz CT molecular complexity index is 528.